The third kappa shape index (κ3) is 2.32. The molecule has 0 aromatic heterocycles. The zero-order valence-electron chi connectivity index (χ0n) is 6.48. The van der Waals surface area contributed by atoms with Crippen molar-refractivity contribution in [3.05, 3.63) is 33.6 Å². The maximum Gasteiger partial charge on any atom is 0.222 e. The summed E-state index contributed by atoms with van der Waals surface area (Å²) in [5.74, 6) is -1.23. The fourth-order valence-electron chi connectivity index (χ4n) is 0.905. The van der Waals surface area contributed by atoms with Gasteiger partial charge in [-0.15, -0.1) is 0 Å². The van der Waals surface area contributed by atoms with Gasteiger partial charge < -0.3 is 5.73 Å². The molecular weight excluding hydrogens is 216 g/mol. The molecule has 70 valence electrons. The second kappa shape index (κ2) is 3.94. The maximum atomic E-state index is 13.0. The second-order valence-corrected chi connectivity index (χ2v) is 3.25. The van der Waals surface area contributed by atoms with Crippen LogP contribution in [-0.2, 0) is 11.2 Å². The van der Waals surface area contributed by atoms with Crippen LogP contribution in [0.2, 0.25) is 10.0 Å². The summed E-state index contributed by atoms with van der Waals surface area (Å²) in [7, 11) is 0. The summed E-state index contributed by atoms with van der Waals surface area (Å²) in [5, 5.41) is 0.250. The predicted octanol–water partition coefficient (Wildman–Crippen LogP) is 2.16. The number of hydrogen-bond donors (Lipinski definition) is 1. The fraction of sp³-hybridized carbons (Fsp3) is 0.125. The zero-order chi connectivity index (χ0) is 10.0. The van der Waals surface area contributed by atoms with E-state index in [1.165, 1.54) is 6.07 Å². The molecule has 1 amide bonds. The topological polar surface area (TPSA) is 43.1 Å². The van der Waals surface area contributed by atoms with Crippen molar-refractivity contribution in [2.45, 2.75) is 6.42 Å². The Hall–Kier alpha value is -0.800. The molecule has 13 heavy (non-hydrogen) atoms. The Morgan fingerprint density at radius 3 is 2.62 bits per heavy atom. The van der Waals surface area contributed by atoms with Gasteiger partial charge in [-0.25, -0.2) is 4.39 Å². The van der Waals surface area contributed by atoms with Gasteiger partial charge in [0, 0.05) is 5.56 Å². The van der Waals surface area contributed by atoms with E-state index in [0.29, 0.717) is 0 Å². The summed E-state index contributed by atoms with van der Waals surface area (Å²) in [6.45, 7) is 0. The van der Waals surface area contributed by atoms with E-state index in [9.17, 15) is 9.18 Å². The molecule has 0 saturated heterocycles. The smallest absolute Gasteiger partial charge is 0.222 e. The number of nitrogens with two attached hydrogens (primary N) is 1. The quantitative estimate of drug-likeness (QED) is 0.765. The van der Waals surface area contributed by atoms with Gasteiger partial charge >= 0.3 is 0 Å². The number of amides is 1. The lowest BCUT2D eigenvalue weighted by Crippen LogP contribution is -2.15. The monoisotopic (exact) mass is 221 g/mol. The lowest BCUT2D eigenvalue weighted by atomic mass is 10.1. The molecule has 0 aliphatic carbocycles. The lowest BCUT2D eigenvalue weighted by Gasteiger charge is -2.04. The summed E-state index contributed by atoms with van der Waals surface area (Å²) in [6.07, 6.45) is -0.245. The molecular formula is C8H6Cl2FNO. The third-order valence-electron chi connectivity index (χ3n) is 1.49. The second-order valence-electron chi connectivity index (χ2n) is 2.46. The van der Waals surface area contributed by atoms with Crippen molar-refractivity contribution in [1.82, 2.24) is 0 Å². The molecule has 0 spiro atoms. The van der Waals surface area contributed by atoms with Crippen LogP contribution < -0.4 is 5.73 Å². The first-order valence-electron chi connectivity index (χ1n) is 3.43. The number of benzene rings is 1. The standard InChI is InChI=1S/C8H6Cl2FNO/c9-5-1-2-6(11)4(8(5)10)3-7(12)13/h1-2H,3H2,(H2,12,13). The average molecular weight is 222 g/mol. The van der Waals surface area contributed by atoms with E-state index in [-0.39, 0.29) is 22.0 Å². The first kappa shape index (κ1) is 10.3. The van der Waals surface area contributed by atoms with E-state index >= 15 is 0 Å². The number of primary amides is 1. The summed E-state index contributed by atoms with van der Waals surface area (Å²) in [4.78, 5) is 10.5. The Morgan fingerprint density at radius 1 is 1.46 bits per heavy atom. The Labute approximate surface area is 84.4 Å². The van der Waals surface area contributed by atoms with Crippen LogP contribution in [0.4, 0.5) is 4.39 Å². The van der Waals surface area contributed by atoms with Gasteiger partial charge in [0.1, 0.15) is 5.82 Å². The van der Waals surface area contributed by atoms with Crippen molar-refractivity contribution in [1.29, 1.82) is 0 Å². The summed E-state index contributed by atoms with van der Waals surface area (Å²) >= 11 is 11.3. The van der Waals surface area contributed by atoms with E-state index < -0.39 is 11.7 Å². The van der Waals surface area contributed by atoms with Crippen LogP contribution in [0.5, 0.6) is 0 Å². The molecule has 0 bridgehead atoms. The van der Waals surface area contributed by atoms with Crippen LogP contribution >= 0.6 is 23.2 Å². The van der Waals surface area contributed by atoms with Crippen LogP contribution in [0.3, 0.4) is 0 Å². The number of hydrogen-bond acceptors (Lipinski definition) is 1. The fourth-order valence-corrected chi connectivity index (χ4v) is 1.30. The Balaban J connectivity index is 3.17. The van der Waals surface area contributed by atoms with Crippen molar-refractivity contribution >= 4 is 29.1 Å². The van der Waals surface area contributed by atoms with Crippen molar-refractivity contribution < 1.29 is 9.18 Å². The van der Waals surface area contributed by atoms with E-state index in [4.69, 9.17) is 28.9 Å². The summed E-state index contributed by atoms with van der Waals surface area (Å²) < 4.78 is 13.0. The van der Waals surface area contributed by atoms with Crippen LogP contribution in [0, 0.1) is 5.82 Å². The highest BCUT2D eigenvalue weighted by atomic mass is 35.5. The van der Waals surface area contributed by atoms with Gasteiger partial charge in [-0.1, -0.05) is 23.2 Å². The van der Waals surface area contributed by atoms with Gasteiger partial charge in [-0.05, 0) is 12.1 Å². The highest BCUT2D eigenvalue weighted by molar-refractivity contribution is 6.42. The van der Waals surface area contributed by atoms with Gasteiger partial charge in [0.2, 0.25) is 5.91 Å². The molecule has 0 unspecified atom stereocenters. The molecule has 1 aromatic carbocycles. The van der Waals surface area contributed by atoms with Gasteiger partial charge in [0.05, 0.1) is 16.5 Å². The number of carbonyl (C=O) groups excluding carboxylic acids is 1. The molecule has 2 nitrogen and oxygen atoms in total. The first-order valence-corrected chi connectivity index (χ1v) is 4.18. The SMILES string of the molecule is NC(=O)Cc1c(F)ccc(Cl)c1Cl. The Kier molecular flexibility index (Phi) is 3.12. The van der Waals surface area contributed by atoms with Gasteiger partial charge in [-0.3, -0.25) is 4.79 Å². The minimum absolute atomic E-state index is 0.0421. The number of carbonyl (C=O) groups is 1. The molecule has 0 fully saturated rings. The first-order chi connectivity index (χ1) is 6.02. The molecule has 0 saturated carbocycles. The largest absolute Gasteiger partial charge is 0.369 e. The molecule has 5 heteroatoms. The highest BCUT2D eigenvalue weighted by Gasteiger charge is 2.12. The maximum absolute atomic E-state index is 13.0. The van der Waals surface area contributed by atoms with Crippen molar-refractivity contribution in [3.8, 4) is 0 Å². The van der Waals surface area contributed by atoms with E-state index in [1.54, 1.807) is 0 Å². The zero-order valence-corrected chi connectivity index (χ0v) is 7.99. The van der Waals surface area contributed by atoms with E-state index in [2.05, 4.69) is 0 Å². The number of halogens is 3. The molecule has 0 aliphatic heterocycles. The molecule has 1 rings (SSSR count). The van der Waals surface area contributed by atoms with Gasteiger partial charge in [0.25, 0.3) is 0 Å². The number of rotatable bonds is 2. The minimum atomic E-state index is -0.650. The average Bonchev–Trinajstić information content (AvgIpc) is 2.05. The van der Waals surface area contributed by atoms with Crippen LogP contribution in [0.25, 0.3) is 0 Å². The third-order valence-corrected chi connectivity index (χ3v) is 2.33. The van der Waals surface area contributed by atoms with E-state index in [0.717, 1.165) is 6.07 Å². The van der Waals surface area contributed by atoms with Crippen molar-refractivity contribution in [3.63, 3.8) is 0 Å². The van der Waals surface area contributed by atoms with E-state index in [1.807, 2.05) is 0 Å². The van der Waals surface area contributed by atoms with Crippen LogP contribution in [0.15, 0.2) is 12.1 Å². The van der Waals surface area contributed by atoms with Crippen LogP contribution in [0.1, 0.15) is 5.56 Å². The molecule has 2 N–H and O–H groups in total. The van der Waals surface area contributed by atoms with Crippen molar-refractivity contribution in [2.75, 3.05) is 0 Å². The Morgan fingerprint density at radius 2 is 2.08 bits per heavy atom. The highest BCUT2D eigenvalue weighted by Crippen LogP contribution is 2.27. The normalized spacial score (nSPS) is 10.1. The van der Waals surface area contributed by atoms with Crippen LogP contribution in [-0.4, -0.2) is 5.91 Å². The predicted molar refractivity (Wildman–Crippen MR) is 49.3 cm³/mol. The molecule has 1 aromatic rings. The lowest BCUT2D eigenvalue weighted by molar-refractivity contribution is -0.117. The van der Waals surface area contributed by atoms with Gasteiger partial charge in [0.15, 0.2) is 0 Å². The summed E-state index contributed by atoms with van der Waals surface area (Å²) in [6, 6.07) is 2.47. The summed E-state index contributed by atoms with van der Waals surface area (Å²) in [5.41, 5.74) is 4.95. The molecule has 0 atom stereocenters. The molecule has 0 radical (unpaired) electrons. The Bertz CT molecular complexity index is 354. The molecule has 0 aliphatic rings. The minimum Gasteiger partial charge on any atom is -0.369 e. The van der Waals surface area contributed by atoms with Gasteiger partial charge in [-0.2, -0.15) is 0 Å². The van der Waals surface area contributed by atoms with Crippen molar-refractivity contribution in [2.24, 2.45) is 5.73 Å². The molecule has 0 heterocycles.